The molecule has 1 aromatic carbocycles. The van der Waals surface area contributed by atoms with Crippen LogP contribution in [0, 0.1) is 12.8 Å². The van der Waals surface area contributed by atoms with Crippen molar-refractivity contribution in [1.29, 1.82) is 0 Å². The van der Waals surface area contributed by atoms with E-state index in [1.165, 1.54) is 0 Å². The van der Waals surface area contributed by atoms with E-state index in [9.17, 15) is 4.79 Å². The van der Waals surface area contributed by atoms with Gasteiger partial charge in [-0.2, -0.15) is 0 Å². The van der Waals surface area contributed by atoms with E-state index in [0.717, 1.165) is 22.6 Å². The number of ether oxygens (including phenoxy) is 1. The third-order valence-corrected chi connectivity index (χ3v) is 4.37. The molecule has 5 heteroatoms. The number of hydrogen-bond acceptors (Lipinski definition) is 3. The molecule has 2 atom stereocenters. The lowest BCUT2D eigenvalue weighted by molar-refractivity contribution is 0.0286. The fourth-order valence-electron chi connectivity index (χ4n) is 2.66. The van der Waals surface area contributed by atoms with Crippen LogP contribution in [-0.4, -0.2) is 29.7 Å². The number of halogens is 1. The number of benzene rings is 1. The fraction of sp³-hybridized carbons (Fsp3) is 0.588. The van der Waals surface area contributed by atoms with Crippen molar-refractivity contribution in [2.75, 3.05) is 13.1 Å². The first-order valence-corrected chi connectivity index (χ1v) is 8.05. The van der Waals surface area contributed by atoms with Crippen molar-refractivity contribution in [2.24, 2.45) is 11.7 Å². The molecule has 0 saturated carbocycles. The van der Waals surface area contributed by atoms with Gasteiger partial charge in [0.05, 0.1) is 0 Å². The second-order valence-corrected chi connectivity index (χ2v) is 7.42. The molecule has 4 nitrogen and oxygen atoms in total. The van der Waals surface area contributed by atoms with Crippen LogP contribution in [0.25, 0.3) is 0 Å². The molecule has 1 saturated heterocycles. The van der Waals surface area contributed by atoms with Crippen LogP contribution in [0.3, 0.4) is 0 Å². The Hall–Kier alpha value is -1.26. The summed E-state index contributed by atoms with van der Waals surface area (Å²) in [4.78, 5) is 13.8. The van der Waals surface area contributed by atoms with Gasteiger partial charge in [0, 0.05) is 24.2 Å². The number of hydrogen-bond donors (Lipinski definition) is 1. The molecule has 0 aromatic heterocycles. The molecule has 1 fully saturated rings. The molecule has 2 rings (SSSR count). The Bertz CT molecular complexity index is 554. The number of rotatable bonds is 2. The summed E-state index contributed by atoms with van der Waals surface area (Å²) in [7, 11) is 0. The zero-order valence-electron chi connectivity index (χ0n) is 13.7. The molecular formula is C17H25ClN2O2. The Morgan fingerprint density at radius 1 is 1.45 bits per heavy atom. The lowest BCUT2D eigenvalue weighted by Crippen LogP contribution is -2.36. The zero-order valence-corrected chi connectivity index (χ0v) is 14.5. The normalized spacial score (nSPS) is 20.1. The minimum atomic E-state index is -0.470. The predicted molar refractivity (Wildman–Crippen MR) is 89.0 cm³/mol. The van der Waals surface area contributed by atoms with Crippen LogP contribution in [0.2, 0.25) is 5.02 Å². The topological polar surface area (TPSA) is 55.6 Å². The van der Waals surface area contributed by atoms with Crippen LogP contribution in [0.5, 0.6) is 0 Å². The third kappa shape index (κ3) is 4.14. The molecule has 0 bridgehead atoms. The first-order valence-electron chi connectivity index (χ1n) is 7.67. The summed E-state index contributed by atoms with van der Waals surface area (Å²) in [5.41, 5.74) is 7.96. The summed E-state index contributed by atoms with van der Waals surface area (Å²) in [5.74, 6) is 0.228. The Morgan fingerprint density at radius 3 is 2.73 bits per heavy atom. The van der Waals surface area contributed by atoms with E-state index < -0.39 is 5.60 Å². The minimum Gasteiger partial charge on any atom is -0.444 e. The average Bonchev–Trinajstić information content (AvgIpc) is 2.89. The van der Waals surface area contributed by atoms with Gasteiger partial charge in [-0.05, 0) is 57.2 Å². The minimum absolute atomic E-state index is 0.120. The van der Waals surface area contributed by atoms with Crippen molar-refractivity contribution in [2.45, 2.75) is 45.8 Å². The van der Waals surface area contributed by atoms with Crippen molar-refractivity contribution in [3.8, 4) is 0 Å². The lowest BCUT2D eigenvalue weighted by atomic mass is 9.92. The molecule has 0 radical (unpaired) electrons. The number of nitrogens with two attached hydrogens (primary N) is 1. The van der Waals surface area contributed by atoms with E-state index in [-0.39, 0.29) is 18.1 Å². The Kier molecular flexibility index (Phi) is 5.03. The van der Waals surface area contributed by atoms with Crippen molar-refractivity contribution in [3.05, 3.63) is 34.3 Å². The second-order valence-electron chi connectivity index (χ2n) is 7.01. The van der Waals surface area contributed by atoms with Crippen molar-refractivity contribution in [3.63, 3.8) is 0 Å². The highest BCUT2D eigenvalue weighted by atomic mass is 35.5. The average molecular weight is 325 g/mol. The van der Waals surface area contributed by atoms with Gasteiger partial charge < -0.3 is 15.4 Å². The van der Waals surface area contributed by atoms with Gasteiger partial charge in [0.1, 0.15) is 5.60 Å². The number of carbonyl (C=O) groups excluding carboxylic acids is 1. The second kappa shape index (κ2) is 6.47. The highest BCUT2D eigenvalue weighted by molar-refractivity contribution is 6.31. The predicted octanol–water partition coefficient (Wildman–Crippen LogP) is 3.91. The van der Waals surface area contributed by atoms with E-state index in [4.69, 9.17) is 22.1 Å². The van der Waals surface area contributed by atoms with Gasteiger partial charge in [-0.15, -0.1) is 0 Å². The van der Waals surface area contributed by atoms with Gasteiger partial charge in [0.2, 0.25) is 0 Å². The Morgan fingerprint density at radius 2 is 2.14 bits per heavy atom. The van der Waals surface area contributed by atoms with E-state index in [2.05, 4.69) is 0 Å². The lowest BCUT2D eigenvalue weighted by Gasteiger charge is -2.25. The molecule has 1 aromatic rings. The van der Waals surface area contributed by atoms with Gasteiger partial charge in [-0.1, -0.05) is 23.7 Å². The number of carbonyl (C=O) groups is 1. The van der Waals surface area contributed by atoms with Crippen LogP contribution in [0.1, 0.15) is 44.4 Å². The first-order chi connectivity index (χ1) is 10.2. The summed E-state index contributed by atoms with van der Waals surface area (Å²) in [6.45, 7) is 8.90. The summed E-state index contributed by atoms with van der Waals surface area (Å²) in [6, 6.07) is 5.81. The molecule has 0 spiro atoms. The molecular weight excluding hydrogens is 300 g/mol. The van der Waals surface area contributed by atoms with Crippen molar-refractivity contribution < 1.29 is 9.53 Å². The molecule has 1 amide bonds. The van der Waals surface area contributed by atoms with Crippen LogP contribution >= 0.6 is 11.6 Å². The standard InChI is InChI=1S/C17H25ClN2O2/c1-11-5-6-12(9-14(11)18)15(19)13-7-8-20(10-13)16(21)22-17(2,3)4/h5-6,9,13,15H,7-8,10,19H2,1-4H3. The van der Waals surface area contributed by atoms with Crippen LogP contribution in [0.15, 0.2) is 18.2 Å². The summed E-state index contributed by atoms with van der Waals surface area (Å²) in [5, 5.41) is 0.731. The summed E-state index contributed by atoms with van der Waals surface area (Å²) in [6.07, 6.45) is 0.621. The number of aryl methyl sites for hydroxylation is 1. The van der Waals surface area contributed by atoms with E-state index in [0.29, 0.717) is 13.1 Å². The highest BCUT2D eigenvalue weighted by Gasteiger charge is 2.33. The van der Waals surface area contributed by atoms with Gasteiger partial charge in [-0.25, -0.2) is 4.79 Å². The van der Waals surface area contributed by atoms with Crippen LogP contribution in [-0.2, 0) is 4.74 Å². The van der Waals surface area contributed by atoms with Crippen molar-refractivity contribution in [1.82, 2.24) is 4.90 Å². The maximum absolute atomic E-state index is 12.1. The maximum Gasteiger partial charge on any atom is 0.410 e. The van der Waals surface area contributed by atoms with E-state index in [1.807, 2.05) is 45.9 Å². The van der Waals surface area contributed by atoms with E-state index in [1.54, 1.807) is 4.90 Å². The third-order valence-electron chi connectivity index (χ3n) is 3.97. The molecule has 22 heavy (non-hydrogen) atoms. The quantitative estimate of drug-likeness (QED) is 0.897. The van der Waals surface area contributed by atoms with Gasteiger partial charge >= 0.3 is 6.09 Å². The first kappa shape index (κ1) is 17.1. The molecule has 1 aliphatic rings. The van der Waals surface area contributed by atoms with Crippen molar-refractivity contribution >= 4 is 17.7 Å². The zero-order chi connectivity index (χ0) is 16.5. The number of nitrogens with zero attached hydrogens (tertiary/aromatic N) is 1. The summed E-state index contributed by atoms with van der Waals surface area (Å²) < 4.78 is 5.42. The molecule has 0 aliphatic carbocycles. The molecule has 2 N–H and O–H groups in total. The monoisotopic (exact) mass is 324 g/mol. The Balaban J connectivity index is 2.00. The Labute approximate surface area is 137 Å². The summed E-state index contributed by atoms with van der Waals surface area (Å²) >= 11 is 6.18. The van der Waals surface area contributed by atoms with Gasteiger partial charge in [0.25, 0.3) is 0 Å². The number of amides is 1. The molecule has 2 unspecified atom stereocenters. The molecule has 1 heterocycles. The largest absolute Gasteiger partial charge is 0.444 e. The SMILES string of the molecule is Cc1ccc(C(N)C2CCN(C(=O)OC(C)(C)C)C2)cc1Cl. The van der Waals surface area contributed by atoms with Crippen LogP contribution in [0.4, 0.5) is 4.79 Å². The molecule has 122 valence electrons. The van der Waals surface area contributed by atoms with E-state index >= 15 is 0 Å². The maximum atomic E-state index is 12.1. The van der Waals surface area contributed by atoms with Gasteiger partial charge in [-0.3, -0.25) is 0 Å². The van der Waals surface area contributed by atoms with Crippen LogP contribution < -0.4 is 5.73 Å². The fourth-order valence-corrected chi connectivity index (χ4v) is 2.85. The highest BCUT2D eigenvalue weighted by Crippen LogP contribution is 2.31. The smallest absolute Gasteiger partial charge is 0.410 e. The number of likely N-dealkylation sites (tertiary alicyclic amines) is 1. The van der Waals surface area contributed by atoms with Gasteiger partial charge in [0.15, 0.2) is 0 Å². The molecule has 1 aliphatic heterocycles.